The number of aliphatic hydroxyl groups is 2. The summed E-state index contributed by atoms with van der Waals surface area (Å²) in [5.41, 5.74) is 3.61. The van der Waals surface area contributed by atoms with Gasteiger partial charge < -0.3 is 25.2 Å². The molecule has 1 aromatic heterocycles. The van der Waals surface area contributed by atoms with Crippen molar-refractivity contribution in [1.82, 2.24) is 25.2 Å². The van der Waals surface area contributed by atoms with E-state index < -0.39 is 18.4 Å². The molecule has 0 saturated carbocycles. The van der Waals surface area contributed by atoms with Gasteiger partial charge in [-0.15, -0.1) is 5.10 Å². The number of rotatable bonds is 9. The number of methoxy groups -OCH3 is 1. The minimum Gasteiger partial charge on any atom is -0.391 e. The van der Waals surface area contributed by atoms with Gasteiger partial charge in [0.1, 0.15) is 12.6 Å². The minimum absolute atomic E-state index is 0.0760. The quantitative estimate of drug-likeness (QED) is 0.386. The van der Waals surface area contributed by atoms with Crippen LogP contribution in [0.4, 0.5) is 0 Å². The third kappa shape index (κ3) is 6.30. The van der Waals surface area contributed by atoms with Crippen LogP contribution >= 0.6 is 0 Å². The maximum atomic E-state index is 12.9. The molecule has 10 nitrogen and oxygen atoms in total. The number of benzene rings is 2. The fourth-order valence-electron chi connectivity index (χ4n) is 4.09. The first-order valence-corrected chi connectivity index (χ1v) is 11.4. The normalized spacial score (nSPS) is 18.4. The van der Waals surface area contributed by atoms with Gasteiger partial charge in [0.2, 0.25) is 11.8 Å². The number of β-amino-alcohol motifs (C(OH)–C–C–N with tert-alkyl or cyclic N) is 1. The summed E-state index contributed by atoms with van der Waals surface area (Å²) in [6, 6.07) is 17.2. The maximum Gasteiger partial charge on any atom is 0.245 e. The predicted octanol–water partition coefficient (Wildman–Crippen LogP) is 0.731. The van der Waals surface area contributed by atoms with Crippen molar-refractivity contribution in [3.05, 3.63) is 72.1 Å². The number of aliphatic hydroxyl groups excluding tert-OH is 2. The summed E-state index contributed by atoms with van der Waals surface area (Å²) >= 11 is 0. The molecular weight excluding hydrogens is 450 g/mol. The van der Waals surface area contributed by atoms with Gasteiger partial charge in [-0.1, -0.05) is 59.8 Å². The Morgan fingerprint density at radius 3 is 2.57 bits per heavy atom. The Morgan fingerprint density at radius 1 is 1.14 bits per heavy atom. The lowest BCUT2D eigenvalue weighted by Gasteiger charge is -2.23. The molecule has 3 N–H and O–H groups in total. The summed E-state index contributed by atoms with van der Waals surface area (Å²) in [6.07, 6.45) is 0.0774. The summed E-state index contributed by atoms with van der Waals surface area (Å²) in [5, 5.41) is 30.4. The fraction of sp³-hybridized carbons (Fsp3) is 0.360. The standard InChI is InChI=1S/C25H29N5O5/c1-35-24(33)11-20-14-29(28-27-20)16-23(32)30-15-21(31)12-22(30)25(34)26-13-17-7-9-19(10-8-17)18-5-3-2-4-6-18/h2-10,14,21-22,24,31,33H,11-13,15-16H2,1H3,(H,26,34)/t21-,22+,24?/m1/s1. The van der Waals surface area contributed by atoms with Crippen molar-refractivity contribution in [2.45, 2.75) is 44.4 Å². The molecule has 0 radical (unpaired) electrons. The van der Waals surface area contributed by atoms with E-state index in [-0.39, 0.29) is 37.7 Å². The van der Waals surface area contributed by atoms with E-state index in [4.69, 9.17) is 4.74 Å². The summed E-state index contributed by atoms with van der Waals surface area (Å²) < 4.78 is 6.13. The summed E-state index contributed by atoms with van der Waals surface area (Å²) in [4.78, 5) is 27.1. The average molecular weight is 480 g/mol. The van der Waals surface area contributed by atoms with E-state index in [9.17, 15) is 19.8 Å². The monoisotopic (exact) mass is 479 g/mol. The minimum atomic E-state index is -1.01. The Labute approximate surface area is 203 Å². The molecule has 0 spiro atoms. The van der Waals surface area contributed by atoms with Crippen LogP contribution in [0.1, 0.15) is 17.7 Å². The SMILES string of the molecule is COC(O)Cc1cn(CC(=O)N2C[C@H](O)C[C@H]2C(=O)NCc2ccc(-c3ccccc3)cc2)nn1. The van der Waals surface area contributed by atoms with E-state index in [0.29, 0.717) is 12.2 Å². The van der Waals surface area contributed by atoms with Crippen molar-refractivity contribution in [3.63, 3.8) is 0 Å². The zero-order valence-corrected chi connectivity index (χ0v) is 19.4. The first-order chi connectivity index (χ1) is 16.9. The second-order valence-electron chi connectivity index (χ2n) is 8.53. The lowest BCUT2D eigenvalue weighted by molar-refractivity contribution is -0.139. The molecule has 2 amide bonds. The van der Waals surface area contributed by atoms with Gasteiger partial charge in [-0.05, 0) is 16.7 Å². The highest BCUT2D eigenvalue weighted by Crippen LogP contribution is 2.21. The van der Waals surface area contributed by atoms with Crippen molar-refractivity contribution >= 4 is 11.8 Å². The number of hydrogen-bond acceptors (Lipinski definition) is 7. The Bertz CT molecular complexity index is 1130. The molecule has 184 valence electrons. The Morgan fingerprint density at radius 2 is 1.86 bits per heavy atom. The molecular formula is C25H29N5O5. The van der Waals surface area contributed by atoms with Gasteiger partial charge >= 0.3 is 0 Å². The molecule has 4 rings (SSSR count). The molecule has 1 unspecified atom stereocenters. The summed E-state index contributed by atoms with van der Waals surface area (Å²) in [7, 11) is 1.38. The van der Waals surface area contributed by atoms with Crippen LogP contribution in [0.5, 0.6) is 0 Å². The number of aromatic nitrogens is 3. The van der Waals surface area contributed by atoms with Crippen molar-refractivity contribution in [2.24, 2.45) is 0 Å². The van der Waals surface area contributed by atoms with E-state index in [2.05, 4.69) is 15.6 Å². The lowest BCUT2D eigenvalue weighted by Crippen LogP contribution is -2.46. The van der Waals surface area contributed by atoms with Gasteiger partial charge in [0.25, 0.3) is 0 Å². The van der Waals surface area contributed by atoms with Crippen LogP contribution < -0.4 is 5.32 Å². The van der Waals surface area contributed by atoms with E-state index in [1.165, 1.54) is 16.7 Å². The van der Waals surface area contributed by atoms with Gasteiger partial charge in [0.05, 0.1) is 11.8 Å². The zero-order valence-electron chi connectivity index (χ0n) is 19.4. The zero-order chi connectivity index (χ0) is 24.8. The van der Waals surface area contributed by atoms with Crippen LogP contribution in [0.15, 0.2) is 60.8 Å². The second-order valence-corrected chi connectivity index (χ2v) is 8.53. The van der Waals surface area contributed by atoms with Gasteiger partial charge in [0.15, 0.2) is 6.29 Å². The third-order valence-electron chi connectivity index (χ3n) is 5.97. The highest BCUT2D eigenvalue weighted by atomic mass is 16.6. The van der Waals surface area contributed by atoms with Crippen LogP contribution in [-0.2, 0) is 33.8 Å². The van der Waals surface area contributed by atoms with Crippen molar-refractivity contribution in [1.29, 1.82) is 0 Å². The molecule has 35 heavy (non-hydrogen) atoms. The summed E-state index contributed by atoms with van der Waals surface area (Å²) in [6.45, 7) is 0.261. The van der Waals surface area contributed by atoms with Gasteiger partial charge in [-0.3, -0.25) is 9.59 Å². The van der Waals surface area contributed by atoms with Gasteiger partial charge in [-0.25, -0.2) is 4.68 Å². The average Bonchev–Trinajstić information content (AvgIpc) is 3.49. The fourth-order valence-corrected chi connectivity index (χ4v) is 4.09. The molecule has 1 fully saturated rings. The number of nitrogens with zero attached hydrogens (tertiary/aromatic N) is 4. The summed E-state index contributed by atoms with van der Waals surface area (Å²) in [5.74, 6) is -0.665. The molecule has 1 aliphatic heterocycles. The number of likely N-dealkylation sites (tertiary alicyclic amines) is 1. The molecule has 10 heteroatoms. The maximum absolute atomic E-state index is 12.9. The van der Waals surface area contributed by atoms with Crippen LogP contribution in [0.25, 0.3) is 11.1 Å². The highest BCUT2D eigenvalue weighted by Gasteiger charge is 2.38. The Kier molecular flexibility index (Phi) is 7.86. The van der Waals surface area contributed by atoms with Crippen LogP contribution in [0, 0.1) is 0 Å². The smallest absolute Gasteiger partial charge is 0.245 e. The number of amides is 2. The topological polar surface area (TPSA) is 130 Å². The number of hydrogen-bond donors (Lipinski definition) is 3. The molecule has 1 saturated heterocycles. The number of ether oxygens (including phenoxy) is 1. The van der Waals surface area contributed by atoms with Crippen molar-refractivity contribution < 1.29 is 24.5 Å². The Hall–Kier alpha value is -3.60. The third-order valence-corrected chi connectivity index (χ3v) is 5.97. The molecule has 0 aliphatic carbocycles. The molecule has 0 bridgehead atoms. The number of carbonyl (C=O) groups excluding carboxylic acids is 2. The molecule has 3 atom stereocenters. The van der Waals surface area contributed by atoms with E-state index in [1.807, 2.05) is 54.6 Å². The lowest BCUT2D eigenvalue weighted by atomic mass is 10.0. The molecule has 2 aromatic carbocycles. The van der Waals surface area contributed by atoms with Gasteiger partial charge in [0, 0.05) is 39.2 Å². The molecule has 3 aromatic rings. The van der Waals surface area contributed by atoms with Crippen LogP contribution in [0.2, 0.25) is 0 Å². The largest absolute Gasteiger partial charge is 0.391 e. The van der Waals surface area contributed by atoms with Crippen LogP contribution in [0.3, 0.4) is 0 Å². The molecule has 1 aliphatic rings. The highest BCUT2D eigenvalue weighted by molar-refractivity contribution is 5.88. The van der Waals surface area contributed by atoms with E-state index in [1.54, 1.807) is 6.20 Å². The first kappa shape index (κ1) is 24.5. The second kappa shape index (κ2) is 11.2. The van der Waals surface area contributed by atoms with Crippen molar-refractivity contribution in [2.75, 3.05) is 13.7 Å². The Balaban J connectivity index is 1.33. The number of carbonyl (C=O) groups is 2. The van der Waals surface area contributed by atoms with Crippen molar-refractivity contribution in [3.8, 4) is 11.1 Å². The van der Waals surface area contributed by atoms with E-state index in [0.717, 1.165) is 16.7 Å². The number of nitrogens with one attached hydrogen (secondary N) is 1. The molecule has 2 heterocycles. The van der Waals surface area contributed by atoms with E-state index >= 15 is 0 Å². The van der Waals surface area contributed by atoms with Gasteiger partial charge in [-0.2, -0.15) is 0 Å². The first-order valence-electron chi connectivity index (χ1n) is 11.4. The van der Waals surface area contributed by atoms with Crippen LogP contribution in [-0.4, -0.2) is 74.0 Å². The predicted molar refractivity (Wildman–Crippen MR) is 127 cm³/mol.